The zero-order valence-corrected chi connectivity index (χ0v) is 8.56. The van der Waals surface area contributed by atoms with Gasteiger partial charge in [0, 0.05) is 12.2 Å². The zero-order chi connectivity index (χ0) is 10.7. The molecular formula is C12H14N2O. The van der Waals surface area contributed by atoms with Crippen LogP contribution in [-0.2, 0) is 0 Å². The van der Waals surface area contributed by atoms with Gasteiger partial charge in [0.05, 0.1) is 24.3 Å². The lowest BCUT2D eigenvalue weighted by Gasteiger charge is -2.25. The second-order valence-electron chi connectivity index (χ2n) is 3.83. The molecule has 1 N–H and O–H groups in total. The van der Waals surface area contributed by atoms with Crippen LogP contribution in [0.5, 0.6) is 0 Å². The summed E-state index contributed by atoms with van der Waals surface area (Å²) in [5, 5.41) is 17.9. The van der Waals surface area contributed by atoms with Crippen LogP contribution in [0.15, 0.2) is 24.3 Å². The summed E-state index contributed by atoms with van der Waals surface area (Å²) >= 11 is 0. The van der Waals surface area contributed by atoms with E-state index in [1.54, 1.807) is 0 Å². The summed E-state index contributed by atoms with van der Waals surface area (Å²) < 4.78 is 0. The third-order valence-electron chi connectivity index (χ3n) is 2.92. The first-order valence-electron chi connectivity index (χ1n) is 5.23. The number of aliphatic hydroxyl groups is 1. The van der Waals surface area contributed by atoms with Gasteiger partial charge in [0.1, 0.15) is 0 Å². The molecule has 1 heterocycles. The fourth-order valence-electron chi connectivity index (χ4n) is 2.09. The van der Waals surface area contributed by atoms with Crippen LogP contribution in [0.2, 0.25) is 0 Å². The fourth-order valence-corrected chi connectivity index (χ4v) is 2.09. The normalized spacial score (nSPS) is 20.3. The van der Waals surface area contributed by atoms with E-state index in [0.717, 1.165) is 25.1 Å². The number of aliphatic hydroxyl groups excluding tert-OH is 1. The van der Waals surface area contributed by atoms with Crippen molar-refractivity contribution < 1.29 is 5.11 Å². The zero-order valence-electron chi connectivity index (χ0n) is 8.56. The highest BCUT2D eigenvalue weighted by Gasteiger charge is 2.23. The average molecular weight is 202 g/mol. The smallest absolute Gasteiger partial charge is 0.0991 e. The summed E-state index contributed by atoms with van der Waals surface area (Å²) in [6.07, 6.45) is 2.18. The Hall–Kier alpha value is -1.53. The number of nitriles is 1. The molecule has 15 heavy (non-hydrogen) atoms. The summed E-state index contributed by atoms with van der Waals surface area (Å²) in [4.78, 5) is 2.21. The topological polar surface area (TPSA) is 47.3 Å². The first-order valence-corrected chi connectivity index (χ1v) is 5.23. The van der Waals surface area contributed by atoms with Crippen molar-refractivity contribution in [2.75, 3.05) is 18.1 Å². The maximum absolute atomic E-state index is 9.20. The van der Waals surface area contributed by atoms with Crippen LogP contribution in [0, 0.1) is 11.3 Å². The van der Waals surface area contributed by atoms with Crippen LogP contribution in [-0.4, -0.2) is 24.3 Å². The average Bonchev–Trinajstić information content (AvgIpc) is 2.77. The Labute approximate surface area is 89.6 Å². The minimum atomic E-state index is 0.208. The molecule has 1 fully saturated rings. The Kier molecular flexibility index (Phi) is 2.89. The SMILES string of the molecule is N#Cc1ccc(N2CCC[C@H]2CO)cc1. The minimum absolute atomic E-state index is 0.208. The van der Waals surface area contributed by atoms with Gasteiger partial charge in [-0.3, -0.25) is 0 Å². The summed E-state index contributed by atoms with van der Waals surface area (Å²) in [5.41, 5.74) is 1.78. The van der Waals surface area contributed by atoms with Gasteiger partial charge in [-0.15, -0.1) is 0 Å². The lowest BCUT2D eigenvalue weighted by molar-refractivity contribution is 0.266. The predicted octanol–water partition coefficient (Wildman–Crippen LogP) is 1.52. The second-order valence-corrected chi connectivity index (χ2v) is 3.83. The Morgan fingerprint density at radius 3 is 2.73 bits per heavy atom. The number of hydrogen-bond donors (Lipinski definition) is 1. The third kappa shape index (κ3) is 1.95. The molecule has 1 aromatic carbocycles. The molecular weight excluding hydrogens is 188 g/mol. The van der Waals surface area contributed by atoms with Gasteiger partial charge < -0.3 is 10.0 Å². The molecule has 3 nitrogen and oxygen atoms in total. The number of anilines is 1. The lowest BCUT2D eigenvalue weighted by Crippen LogP contribution is -2.31. The van der Waals surface area contributed by atoms with Gasteiger partial charge in [-0.1, -0.05) is 0 Å². The van der Waals surface area contributed by atoms with Gasteiger partial charge in [-0.05, 0) is 37.1 Å². The van der Waals surface area contributed by atoms with Crippen molar-refractivity contribution in [2.45, 2.75) is 18.9 Å². The third-order valence-corrected chi connectivity index (χ3v) is 2.92. The van der Waals surface area contributed by atoms with Crippen LogP contribution in [0.3, 0.4) is 0 Å². The molecule has 0 aromatic heterocycles. The van der Waals surface area contributed by atoms with Crippen molar-refractivity contribution in [3.8, 4) is 6.07 Å². The molecule has 0 unspecified atom stereocenters. The van der Waals surface area contributed by atoms with E-state index in [9.17, 15) is 5.11 Å². The van der Waals surface area contributed by atoms with Gasteiger partial charge in [0.15, 0.2) is 0 Å². The van der Waals surface area contributed by atoms with Crippen LogP contribution in [0.4, 0.5) is 5.69 Å². The molecule has 1 aliphatic heterocycles. The molecule has 0 amide bonds. The maximum Gasteiger partial charge on any atom is 0.0991 e. The number of hydrogen-bond acceptors (Lipinski definition) is 3. The molecule has 1 saturated heterocycles. The molecule has 3 heteroatoms. The standard InChI is InChI=1S/C12H14N2O/c13-8-10-3-5-11(6-4-10)14-7-1-2-12(14)9-15/h3-6,12,15H,1-2,7,9H2/t12-/m0/s1. The summed E-state index contributed by atoms with van der Waals surface area (Å²) in [7, 11) is 0. The first kappa shape index (κ1) is 10.0. The van der Waals surface area contributed by atoms with E-state index in [1.165, 1.54) is 0 Å². The highest BCUT2D eigenvalue weighted by Crippen LogP contribution is 2.25. The molecule has 1 aromatic rings. The van der Waals surface area contributed by atoms with E-state index in [1.807, 2.05) is 24.3 Å². The van der Waals surface area contributed by atoms with Crippen molar-refractivity contribution in [1.82, 2.24) is 0 Å². The largest absolute Gasteiger partial charge is 0.394 e. The number of nitrogens with zero attached hydrogens (tertiary/aromatic N) is 2. The maximum atomic E-state index is 9.20. The van der Waals surface area contributed by atoms with Gasteiger partial charge in [0.25, 0.3) is 0 Å². The predicted molar refractivity (Wildman–Crippen MR) is 58.6 cm³/mol. The molecule has 0 radical (unpaired) electrons. The van der Waals surface area contributed by atoms with E-state index < -0.39 is 0 Å². The highest BCUT2D eigenvalue weighted by atomic mass is 16.3. The molecule has 0 aliphatic carbocycles. The van der Waals surface area contributed by atoms with Gasteiger partial charge >= 0.3 is 0 Å². The van der Waals surface area contributed by atoms with Crippen molar-refractivity contribution in [1.29, 1.82) is 5.26 Å². The Bertz CT molecular complexity index is 366. The number of rotatable bonds is 2. The Morgan fingerprint density at radius 2 is 2.13 bits per heavy atom. The van der Waals surface area contributed by atoms with Crippen molar-refractivity contribution >= 4 is 5.69 Å². The van der Waals surface area contributed by atoms with Crippen molar-refractivity contribution in [3.63, 3.8) is 0 Å². The van der Waals surface area contributed by atoms with Crippen molar-refractivity contribution in [2.24, 2.45) is 0 Å². The minimum Gasteiger partial charge on any atom is -0.394 e. The summed E-state index contributed by atoms with van der Waals surface area (Å²) in [5.74, 6) is 0. The molecule has 78 valence electrons. The van der Waals surface area contributed by atoms with E-state index in [-0.39, 0.29) is 12.6 Å². The monoisotopic (exact) mass is 202 g/mol. The van der Waals surface area contributed by atoms with E-state index in [0.29, 0.717) is 5.56 Å². The molecule has 1 aliphatic rings. The van der Waals surface area contributed by atoms with Crippen molar-refractivity contribution in [3.05, 3.63) is 29.8 Å². The Morgan fingerprint density at radius 1 is 1.40 bits per heavy atom. The van der Waals surface area contributed by atoms with Gasteiger partial charge in [-0.2, -0.15) is 5.26 Å². The molecule has 0 spiro atoms. The first-order chi connectivity index (χ1) is 7.35. The van der Waals surface area contributed by atoms with E-state index >= 15 is 0 Å². The summed E-state index contributed by atoms with van der Waals surface area (Å²) in [6.45, 7) is 1.21. The van der Waals surface area contributed by atoms with Crippen LogP contribution in [0.1, 0.15) is 18.4 Å². The quantitative estimate of drug-likeness (QED) is 0.791. The van der Waals surface area contributed by atoms with Gasteiger partial charge in [0.2, 0.25) is 0 Å². The van der Waals surface area contributed by atoms with E-state index in [2.05, 4.69) is 11.0 Å². The van der Waals surface area contributed by atoms with Crippen LogP contribution in [0.25, 0.3) is 0 Å². The fraction of sp³-hybridized carbons (Fsp3) is 0.417. The van der Waals surface area contributed by atoms with E-state index in [4.69, 9.17) is 5.26 Å². The van der Waals surface area contributed by atoms with Crippen LogP contribution >= 0.6 is 0 Å². The van der Waals surface area contributed by atoms with Crippen LogP contribution < -0.4 is 4.90 Å². The van der Waals surface area contributed by atoms with Gasteiger partial charge in [-0.25, -0.2) is 0 Å². The molecule has 1 atom stereocenters. The highest BCUT2D eigenvalue weighted by molar-refractivity contribution is 5.51. The lowest BCUT2D eigenvalue weighted by atomic mass is 10.2. The number of benzene rings is 1. The second kappa shape index (κ2) is 4.33. The molecule has 0 saturated carbocycles. The Balaban J connectivity index is 2.19. The molecule has 2 rings (SSSR count). The molecule has 0 bridgehead atoms. The summed E-state index contributed by atoms with van der Waals surface area (Å²) in [6, 6.07) is 9.90.